The molecule has 1 atom stereocenters. The number of piperidine rings is 1. The number of carbonyl (C=O) groups is 1. The second kappa shape index (κ2) is 9.93. The third kappa shape index (κ3) is 5.72. The predicted octanol–water partition coefficient (Wildman–Crippen LogP) is 3.44. The summed E-state index contributed by atoms with van der Waals surface area (Å²) in [6.45, 7) is 2.52. The monoisotopic (exact) mass is 464 g/mol. The maximum atomic E-state index is 13.0. The standard InChI is InChI=1S/C22H28N2O5S2/c1-2-19-8-6-7-16-24(19)31(28,29)21-13-11-18(12-14-21)23-22(25)15-17-30(26,27)20-9-4-3-5-10-20/h3-5,9-14,19H,2,6-8,15-17H2,1H3,(H,23,25). The number of benzene rings is 2. The molecule has 0 aromatic heterocycles. The van der Waals surface area contributed by atoms with Gasteiger partial charge in [-0.25, -0.2) is 16.8 Å². The molecule has 1 aliphatic heterocycles. The molecule has 0 aliphatic carbocycles. The molecular formula is C22H28N2O5S2. The highest BCUT2D eigenvalue weighted by Crippen LogP contribution is 2.27. The SMILES string of the molecule is CCC1CCCCN1S(=O)(=O)c1ccc(NC(=O)CCS(=O)(=O)c2ccccc2)cc1. The molecule has 2 aromatic rings. The van der Waals surface area contributed by atoms with Crippen LogP contribution in [-0.4, -0.2) is 45.4 Å². The van der Waals surface area contributed by atoms with Gasteiger partial charge in [-0.3, -0.25) is 4.79 Å². The van der Waals surface area contributed by atoms with Crippen LogP contribution in [-0.2, 0) is 24.7 Å². The Bertz CT molecular complexity index is 1100. The maximum Gasteiger partial charge on any atom is 0.243 e. The summed E-state index contributed by atoms with van der Waals surface area (Å²) < 4.78 is 52.2. The van der Waals surface area contributed by atoms with Gasteiger partial charge in [0, 0.05) is 24.7 Å². The van der Waals surface area contributed by atoms with E-state index >= 15 is 0 Å². The van der Waals surface area contributed by atoms with Crippen molar-refractivity contribution in [3.63, 3.8) is 0 Å². The van der Waals surface area contributed by atoms with Crippen LogP contribution < -0.4 is 5.32 Å². The van der Waals surface area contributed by atoms with Crippen LogP contribution in [0.5, 0.6) is 0 Å². The minimum atomic E-state index is -3.59. The van der Waals surface area contributed by atoms with E-state index in [9.17, 15) is 21.6 Å². The van der Waals surface area contributed by atoms with E-state index in [1.54, 1.807) is 22.5 Å². The lowest BCUT2D eigenvalue weighted by atomic mass is 10.0. The van der Waals surface area contributed by atoms with Gasteiger partial charge in [-0.1, -0.05) is 31.5 Å². The molecule has 1 aliphatic rings. The highest BCUT2D eigenvalue weighted by Gasteiger charge is 2.32. The van der Waals surface area contributed by atoms with Gasteiger partial charge in [-0.2, -0.15) is 4.31 Å². The van der Waals surface area contributed by atoms with Gasteiger partial charge in [-0.05, 0) is 55.7 Å². The number of sulfone groups is 1. The van der Waals surface area contributed by atoms with Crippen molar-refractivity contribution in [2.75, 3.05) is 17.6 Å². The summed E-state index contributed by atoms with van der Waals surface area (Å²) in [5.41, 5.74) is 0.423. The van der Waals surface area contributed by atoms with E-state index < -0.39 is 25.8 Å². The van der Waals surface area contributed by atoms with E-state index in [0.29, 0.717) is 12.2 Å². The number of sulfonamides is 1. The second-order valence-electron chi connectivity index (χ2n) is 7.63. The van der Waals surface area contributed by atoms with Crippen LogP contribution in [0.1, 0.15) is 39.0 Å². The summed E-state index contributed by atoms with van der Waals surface area (Å²) in [6.07, 6.45) is 3.35. The van der Waals surface area contributed by atoms with Crippen molar-refractivity contribution in [3.05, 3.63) is 54.6 Å². The third-order valence-electron chi connectivity index (χ3n) is 5.49. The smallest absolute Gasteiger partial charge is 0.243 e. The molecule has 9 heteroatoms. The zero-order valence-electron chi connectivity index (χ0n) is 17.5. The Morgan fingerprint density at radius 2 is 1.65 bits per heavy atom. The van der Waals surface area contributed by atoms with Crippen LogP contribution in [0.4, 0.5) is 5.69 Å². The van der Waals surface area contributed by atoms with Gasteiger partial charge < -0.3 is 5.32 Å². The van der Waals surface area contributed by atoms with E-state index in [4.69, 9.17) is 0 Å². The lowest BCUT2D eigenvalue weighted by Gasteiger charge is -2.34. The molecule has 1 heterocycles. The molecule has 0 spiro atoms. The van der Waals surface area contributed by atoms with Gasteiger partial charge in [0.15, 0.2) is 9.84 Å². The topological polar surface area (TPSA) is 101 Å². The number of rotatable bonds is 8. The molecule has 2 aromatic carbocycles. The van der Waals surface area contributed by atoms with E-state index in [2.05, 4.69) is 5.32 Å². The molecule has 0 radical (unpaired) electrons. The fraction of sp³-hybridized carbons (Fsp3) is 0.409. The summed E-state index contributed by atoms with van der Waals surface area (Å²) in [4.78, 5) is 12.6. The Balaban J connectivity index is 1.62. The Hall–Kier alpha value is -2.23. The molecule has 31 heavy (non-hydrogen) atoms. The lowest BCUT2D eigenvalue weighted by Crippen LogP contribution is -2.43. The zero-order valence-corrected chi connectivity index (χ0v) is 19.2. The van der Waals surface area contributed by atoms with Crippen molar-refractivity contribution in [1.29, 1.82) is 0 Å². The van der Waals surface area contributed by atoms with Crippen molar-refractivity contribution >= 4 is 31.5 Å². The third-order valence-corrected chi connectivity index (χ3v) is 9.19. The molecule has 1 saturated heterocycles. The Morgan fingerprint density at radius 1 is 0.968 bits per heavy atom. The number of nitrogens with one attached hydrogen (secondary N) is 1. The molecule has 1 amide bonds. The molecular weight excluding hydrogens is 436 g/mol. The quantitative estimate of drug-likeness (QED) is 0.645. The first-order valence-corrected chi connectivity index (χ1v) is 13.5. The predicted molar refractivity (Wildman–Crippen MR) is 120 cm³/mol. The highest BCUT2D eigenvalue weighted by molar-refractivity contribution is 7.91. The fourth-order valence-electron chi connectivity index (χ4n) is 3.74. The average molecular weight is 465 g/mol. The van der Waals surface area contributed by atoms with Crippen LogP contribution in [0.2, 0.25) is 0 Å². The molecule has 1 N–H and O–H groups in total. The van der Waals surface area contributed by atoms with Crippen LogP contribution >= 0.6 is 0 Å². The van der Waals surface area contributed by atoms with Gasteiger partial charge in [0.2, 0.25) is 15.9 Å². The minimum Gasteiger partial charge on any atom is -0.326 e. The number of carbonyl (C=O) groups excluding carboxylic acids is 1. The first-order chi connectivity index (χ1) is 14.7. The molecule has 168 valence electrons. The average Bonchev–Trinajstić information content (AvgIpc) is 2.79. The van der Waals surface area contributed by atoms with E-state index in [1.165, 1.54) is 36.4 Å². The second-order valence-corrected chi connectivity index (χ2v) is 11.6. The Labute approximate surface area is 184 Å². The highest BCUT2D eigenvalue weighted by atomic mass is 32.2. The molecule has 0 saturated carbocycles. The van der Waals surface area contributed by atoms with Crippen molar-refractivity contribution in [2.45, 2.75) is 54.9 Å². The van der Waals surface area contributed by atoms with Gasteiger partial charge in [0.1, 0.15) is 0 Å². The van der Waals surface area contributed by atoms with E-state index in [0.717, 1.165) is 25.7 Å². The van der Waals surface area contributed by atoms with Crippen molar-refractivity contribution in [3.8, 4) is 0 Å². The minimum absolute atomic E-state index is 0.0182. The van der Waals surface area contributed by atoms with Crippen molar-refractivity contribution in [1.82, 2.24) is 4.31 Å². The summed E-state index contributed by atoms with van der Waals surface area (Å²) in [5.74, 6) is -0.750. The fourth-order valence-corrected chi connectivity index (χ4v) is 6.77. The molecule has 1 unspecified atom stereocenters. The van der Waals surface area contributed by atoms with Crippen LogP contribution in [0.25, 0.3) is 0 Å². The molecule has 3 rings (SSSR count). The van der Waals surface area contributed by atoms with E-state index in [-0.39, 0.29) is 28.0 Å². The van der Waals surface area contributed by atoms with Gasteiger partial charge in [-0.15, -0.1) is 0 Å². The summed E-state index contributed by atoms with van der Waals surface area (Å²) >= 11 is 0. The number of hydrogen-bond acceptors (Lipinski definition) is 5. The summed E-state index contributed by atoms with van der Waals surface area (Å²) in [7, 11) is -7.13. The van der Waals surface area contributed by atoms with Crippen molar-refractivity contribution < 1.29 is 21.6 Å². The van der Waals surface area contributed by atoms with Crippen LogP contribution in [0.3, 0.4) is 0 Å². The number of nitrogens with zero attached hydrogens (tertiary/aromatic N) is 1. The zero-order chi connectivity index (χ0) is 22.5. The largest absolute Gasteiger partial charge is 0.326 e. The first kappa shape index (κ1) is 23.4. The van der Waals surface area contributed by atoms with E-state index in [1.807, 2.05) is 6.92 Å². The molecule has 0 bridgehead atoms. The van der Waals surface area contributed by atoms with Crippen LogP contribution in [0.15, 0.2) is 64.4 Å². The first-order valence-electron chi connectivity index (χ1n) is 10.4. The van der Waals surface area contributed by atoms with Gasteiger partial charge >= 0.3 is 0 Å². The number of amides is 1. The van der Waals surface area contributed by atoms with Crippen molar-refractivity contribution in [2.24, 2.45) is 0 Å². The molecule has 7 nitrogen and oxygen atoms in total. The molecule has 1 fully saturated rings. The Kier molecular flexibility index (Phi) is 7.51. The Morgan fingerprint density at radius 3 is 2.29 bits per heavy atom. The maximum absolute atomic E-state index is 13.0. The van der Waals surface area contributed by atoms with Crippen LogP contribution in [0, 0.1) is 0 Å². The summed E-state index contributed by atoms with van der Waals surface area (Å²) in [5, 5.41) is 2.63. The normalized spacial score (nSPS) is 17.9. The number of hydrogen-bond donors (Lipinski definition) is 1. The lowest BCUT2D eigenvalue weighted by molar-refractivity contribution is -0.115. The number of anilines is 1. The van der Waals surface area contributed by atoms with Gasteiger partial charge in [0.25, 0.3) is 0 Å². The summed E-state index contributed by atoms with van der Waals surface area (Å²) in [6, 6.07) is 14.0. The van der Waals surface area contributed by atoms with Gasteiger partial charge in [0.05, 0.1) is 15.5 Å².